The average molecular weight is 385 g/mol. The van der Waals surface area contributed by atoms with Gasteiger partial charge in [-0.1, -0.05) is 0 Å². The Morgan fingerprint density at radius 1 is 0.640 bits per heavy atom. The molecule has 0 saturated heterocycles. The summed E-state index contributed by atoms with van der Waals surface area (Å²) in [6.45, 7) is 11.3. The van der Waals surface area contributed by atoms with Crippen LogP contribution in [0.25, 0.3) is 0 Å². The SMILES string of the molecule is COCC(COC)(COC)COCCOC(C)(C)COC(C)(C)CCl. The molecule has 0 saturated carbocycles. The molecule has 0 N–H and O–H groups in total. The van der Waals surface area contributed by atoms with Crippen LogP contribution in [0.3, 0.4) is 0 Å². The molecule has 0 amide bonds. The topological polar surface area (TPSA) is 55.4 Å². The average Bonchev–Trinajstić information content (AvgIpc) is 2.54. The molecule has 0 unspecified atom stereocenters. The van der Waals surface area contributed by atoms with Crippen LogP contribution in [0.1, 0.15) is 27.7 Å². The van der Waals surface area contributed by atoms with Gasteiger partial charge in [0.15, 0.2) is 0 Å². The Hall–Kier alpha value is 0.0500. The molecule has 0 rings (SSSR count). The maximum absolute atomic E-state index is 5.88. The first-order valence-electron chi connectivity index (χ1n) is 8.54. The predicted octanol–water partition coefficient (Wildman–Crippen LogP) is 2.76. The van der Waals surface area contributed by atoms with Gasteiger partial charge in [-0.2, -0.15) is 0 Å². The number of ether oxygens (including phenoxy) is 6. The second-order valence-corrected chi connectivity index (χ2v) is 7.91. The van der Waals surface area contributed by atoms with E-state index in [0.29, 0.717) is 52.1 Å². The van der Waals surface area contributed by atoms with Crippen molar-refractivity contribution in [3.63, 3.8) is 0 Å². The van der Waals surface area contributed by atoms with Crippen LogP contribution in [-0.2, 0) is 28.4 Å². The van der Waals surface area contributed by atoms with E-state index in [1.54, 1.807) is 21.3 Å². The summed E-state index contributed by atoms with van der Waals surface area (Å²) >= 11 is 5.87. The van der Waals surface area contributed by atoms with Crippen LogP contribution in [0.5, 0.6) is 0 Å². The van der Waals surface area contributed by atoms with E-state index in [1.807, 2.05) is 27.7 Å². The lowest BCUT2D eigenvalue weighted by molar-refractivity contribution is -0.131. The highest BCUT2D eigenvalue weighted by atomic mass is 35.5. The molecule has 0 aromatic carbocycles. The van der Waals surface area contributed by atoms with Gasteiger partial charge >= 0.3 is 0 Å². The minimum absolute atomic E-state index is 0.318. The Bertz CT molecular complexity index is 319. The van der Waals surface area contributed by atoms with Crippen LogP contribution in [0.4, 0.5) is 0 Å². The van der Waals surface area contributed by atoms with E-state index in [2.05, 4.69) is 0 Å². The van der Waals surface area contributed by atoms with Crippen molar-refractivity contribution in [1.82, 2.24) is 0 Å². The minimum atomic E-state index is -0.407. The van der Waals surface area contributed by atoms with Crippen molar-refractivity contribution in [2.45, 2.75) is 38.9 Å². The van der Waals surface area contributed by atoms with Crippen molar-refractivity contribution in [1.29, 1.82) is 0 Å². The highest BCUT2D eigenvalue weighted by Gasteiger charge is 2.31. The van der Waals surface area contributed by atoms with Crippen molar-refractivity contribution in [2.24, 2.45) is 5.41 Å². The van der Waals surface area contributed by atoms with Crippen molar-refractivity contribution in [2.75, 3.05) is 73.5 Å². The van der Waals surface area contributed by atoms with Gasteiger partial charge in [-0.15, -0.1) is 11.6 Å². The van der Waals surface area contributed by atoms with E-state index >= 15 is 0 Å². The molecular weight excluding hydrogens is 348 g/mol. The first-order chi connectivity index (χ1) is 11.7. The molecule has 0 heterocycles. The van der Waals surface area contributed by atoms with Gasteiger partial charge in [0, 0.05) is 21.3 Å². The number of methoxy groups -OCH3 is 3. The van der Waals surface area contributed by atoms with E-state index in [4.69, 9.17) is 40.0 Å². The van der Waals surface area contributed by atoms with Crippen LogP contribution in [0.2, 0.25) is 0 Å². The Kier molecular flexibility index (Phi) is 12.5. The summed E-state index contributed by atoms with van der Waals surface area (Å²) in [5, 5.41) is 0. The summed E-state index contributed by atoms with van der Waals surface area (Å²) in [6.07, 6.45) is 0. The molecule has 0 spiro atoms. The number of rotatable bonds is 16. The zero-order chi connectivity index (χ0) is 19.4. The Morgan fingerprint density at radius 3 is 1.60 bits per heavy atom. The first-order valence-corrected chi connectivity index (χ1v) is 9.08. The second kappa shape index (κ2) is 12.4. The largest absolute Gasteiger partial charge is 0.384 e. The number of hydrogen-bond acceptors (Lipinski definition) is 6. The number of hydrogen-bond donors (Lipinski definition) is 0. The van der Waals surface area contributed by atoms with Gasteiger partial charge in [-0.3, -0.25) is 0 Å². The van der Waals surface area contributed by atoms with Gasteiger partial charge in [-0.25, -0.2) is 0 Å². The maximum atomic E-state index is 5.88. The van der Waals surface area contributed by atoms with Crippen LogP contribution in [0.15, 0.2) is 0 Å². The summed E-state index contributed by atoms with van der Waals surface area (Å²) in [5.74, 6) is 0.437. The molecule has 25 heavy (non-hydrogen) atoms. The lowest BCUT2D eigenvalue weighted by Gasteiger charge is -2.32. The third kappa shape index (κ3) is 11.4. The molecule has 7 heteroatoms. The van der Waals surface area contributed by atoms with E-state index < -0.39 is 5.60 Å². The zero-order valence-corrected chi connectivity index (χ0v) is 17.7. The van der Waals surface area contributed by atoms with Crippen molar-refractivity contribution in [3.8, 4) is 0 Å². The predicted molar refractivity (Wildman–Crippen MR) is 99.7 cm³/mol. The van der Waals surface area contributed by atoms with Gasteiger partial charge in [0.2, 0.25) is 0 Å². The van der Waals surface area contributed by atoms with Gasteiger partial charge in [-0.05, 0) is 27.7 Å². The molecule has 0 aliphatic carbocycles. The van der Waals surface area contributed by atoms with Gasteiger partial charge in [0.05, 0.1) is 68.7 Å². The van der Waals surface area contributed by atoms with E-state index in [0.717, 1.165) is 0 Å². The molecule has 0 radical (unpaired) electrons. The molecule has 6 nitrogen and oxygen atoms in total. The van der Waals surface area contributed by atoms with Crippen molar-refractivity contribution < 1.29 is 28.4 Å². The molecule has 0 fully saturated rings. The molecule has 0 aromatic heterocycles. The summed E-state index contributed by atoms with van der Waals surface area (Å²) < 4.78 is 33.4. The smallest absolute Gasteiger partial charge is 0.0860 e. The third-order valence-corrected chi connectivity index (χ3v) is 4.26. The third-order valence-electron chi connectivity index (χ3n) is 3.61. The molecular formula is C18H37ClO6. The van der Waals surface area contributed by atoms with Crippen LogP contribution in [-0.4, -0.2) is 84.7 Å². The molecule has 0 aromatic rings. The standard InChI is InChI=1S/C18H37ClO6/c1-16(2,10-19)25-11-17(3,4)24-9-8-23-15-18(12-20-5,13-21-6)14-22-7/h8-15H2,1-7H3. The summed E-state index contributed by atoms with van der Waals surface area (Å²) in [6, 6.07) is 0. The monoisotopic (exact) mass is 384 g/mol. The second-order valence-electron chi connectivity index (χ2n) is 7.64. The van der Waals surface area contributed by atoms with Gasteiger partial charge in [0.25, 0.3) is 0 Å². The normalized spacial score (nSPS) is 13.4. The molecule has 152 valence electrons. The maximum Gasteiger partial charge on any atom is 0.0860 e. The lowest BCUT2D eigenvalue weighted by Crippen LogP contribution is -2.41. The highest BCUT2D eigenvalue weighted by Crippen LogP contribution is 2.20. The molecule has 0 aliphatic rings. The van der Waals surface area contributed by atoms with Crippen LogP contribution < -0.4 is 0 Å². The number of halogens is 1. The first kappa shape index (κ1) is 25.1. The minimum Gasteiger partial charge on any atom is -0.384 e. The molecule has 0 bridgehead atoms. The number of alkyl halides is 1. The zero-order valence-electron chi connectivity index (χ0n) is 17.0. The van der Waals surface area contributed by atoms with Crippen molar-refractivity contribution in [3.05, 3.63) is 0 Å². The van der Waals surface area contributed by atoms with Crippen LogP contribution in [0, 0.1) is 5.41 Å². The fourth-order valence-corrected chi connectivity index (χ4v) is 2.36. The summed E-state index contributed by atoms with van der Waals surface area (Å²) in [4.78, 5) is 0. The summed E-state index contributed by atoms with van der Waals surface area (Å²) in [5.41, 5.74) is -1.09. The Morgan fingerprint density at radius 2 is 1.16 bits per heavy atom. The van der Waals surface area contributed by atoms with Crippen molar-refractivity contribution >= 4 is 11.6 Å². The van der Waals surface area contributed by atoms with Gasteiger partial charge < -0.3 is 28.4 Å². The fraction of sp³-hybridized carbons (Fsp3) is 1.00. The highest BCUT2D eigenvalue weighted by molar-refractivity contribution is 6.18. The van der Waals surface area contributed by atoms with E-state index in [9.17, 15) is 0 Å². The Labute approximate surface area is 158 Å². The Balaban J connectivity index is 4.23. The molecule has 0 aliphatic heterocycles. The summed E-state index contributed by atoms with van der Waals surface area (Å²) in [7, 11) is 4.98. The molecule has 0 atom stereocenters. The van der Waals surface area contributed by atoms with Crippen LogP contribution >= 0.6 is 11.6 Å². The quantitative estimate of drug-likeness (QED) is 0.301. The van der Waals surface area contributed by atoms with Gasteiger partial charge in [0.1, 0.15) is 0 Å². The fourth-order valence-electron chi connectivity index (χ4n) is 2.28. The van der Waals surface area contributed by atoms with E-state index in [1.165, 1.54) is 0 Å². The van der Waals surface area contributed by atoms with E-state index in [-0.39, 0.29) is 11.0 Å². The lowest BCUT2D eigenvalue weighted by atomic mass is 9.92.